The van der Waals surface area contributed by atoms with Gasteiger partial charge in [-0.05, 0) is 50.2 Å². The molecule has 0 aromatic heterocycles. The number of aryl methyl sites for hydroxylation is 1. The second-order valence-electron chi connectivity index (χ2n) is 7.70. The third kappa shape index (κ3) is 6.29. The van der Waals surface area contributed by atoms with Gasteiger partial charge in [-0.2, -0.15) is 0 Å². The van der Waals surface area contributed by atoms with Crippen LogP contribution in [0.25, 0.3) is 0 Å². The zero-order chi connectivity index (χ0) is 22.4. The molecule has 2 atom stereocenters. The molecule has 3 rings (SSSR count). The summed E-state index contributed by atoms with van der Waals surface area (Å²) < 4.78 is 5.52. The first-order chi connectivity index (χ1) is 14.8. The molecule has 0 bridgehead atoms. The number of hydrogen-bond donors (Lipinski definition) is 3. The summed E-state index contributed by atoms with van der Waals surface area (Å²) in [5, 5.41) is 14.7. The molecule has 1 saturated heterocycles. The van der Waals surface area contributed by atoms with Crippen molar-refractivity contribution >= 4 is 29.1 Å². The Kier molecular flexibility index (Phi) is 7.25. The van der Waals surface area contributed by atoms with Crippen LogP contribution in [0.2, 0.25) is 0 Å². The fourth-order valence-electron chi connectivity index (χ4n) is 3.23. The molecule has 164 valence electrons. The summed E-state index contributed by atoms with van der Waals surface area (Å²) in [5.41, 5.74) is 2.47. The van der Waals surface area contributed by atoms with Crippen molar-refractivity contribution in [3.8, 4) is 5.75 Å². The number of nitrogens with one attached hydrogen (secondary N) is 2. The largest absolute Gasteiger partial charge is 0.484 e. The Morgan fingerprint density at radius 2 is 1.84 bits per heavy atom. The number of anilines is 2. The molecule has 31 heavy (non-hydrogen) atoms. The van der Waals surface area contributed by atoms with Gasteiger partial charge in [0.2, 0.25) is 11.8 Å². The molecule has 3 N–H and O–H groups in total. The van der Waals surface area contributed by atoms with E-state index in [1.165, 1.54) is 0 Å². The van der Waals surface area contributed by atoms with Crippen LogP contribution in [-0.4, -0.2) is 48.6 Å². The van der Waals surface area contributed by atoms with E-state index in [2.05, 4.69) is 10.6 Å². The van der Waals surface area contributed by atoms with E-state index in [0.29, 0.717) is 17.1 Å². The first-order valence-corrected chi connectivity index (χ1v) is 10.2. The van der Waals surface area contributed by atoms with Gasteiger partial charge in [0.05, 0.1) is 12.0 Å². The van der Waals surface area contributed by atoms with Crippen LogP contribution in [-0.2, 0) is 14.4 Å². The quantitative estimate of drug-likeness (QED) is 0.598. The molecule has 0 saturated carbocycles. The van der Waals surface area contributed by atoms with E-state index in [1.54, 1.807) is 36.1 Å². The lowest BCUT2D eigenvalue weighted by atomic mass is 10.1. The lowest BCUT2D eigenvalue weighted by Gasteiger charge is -2.17. The summed E-state index contributed by atoms with van der Waals surface area (Å²) >= 11 is 0. The van der Waals surface area contributed by atoms with Gasteiger partial charge >= 0.3 is 0 Å². The number of hydrogen-bond acceptors (Lipinski definition) is 5. The average Bonchev–Trinajstić information content (AvgIpc) is 3.14. The number of rotatable bonds is 8. The molecule has 2 aromatic carbocycles. The molecule has 1 heterocycles. The van der Waals surface area contributed by atoms with Gasteiger partial charge in [-0.1, -0.05) is 17.7 Å². The molecule has 0 unspecified atom stereocenters. The Morgan fingerprint density at radius 1 is 1.16 bits per heavy atom. The van der Waals surface area contributed by atoms with Gasteiger partial charge in [0.1, 0.15) is 5.75 Å². The summed E-state index contributed by atoms with van der Waals surface area (Å²) in [6, 6.07) is 14.3. The topological polar surface area (TPSA) is 108 Å². The SMILES string of the molecule is Cc1ccc(NC(=O)COc2ccc(N3C[C@H](C(=O)NC[C@H](C)O)CC3=O)cc2)cc1. The minimum Gasteiger partial charge on any atom is -0.484 e. The fourth-order valence-corrected chi connectivity index (χ4v) is 3.23. The van der Waals surface area contributed by atoms with E-state index in [9.17, 15) is 19.5 Å². The molecule has 8 heteroatoms. The third-order valence-corrected chi connectivity index (χ3v) is 4.92. The smallest absolute Gasteiger partial charge is 0.262 e. The summed E-state index contributed by atoms with van der Waals surface area (Å²) in [6.45, 7) is 3.86. The standard InChI is InChI=1S/C23H27N3O5/c1-15-3-5-18(6-4-15)25-21(28)14-31-20-9-7-19(8-10-20)26-13-17(11-22(26)29)23(30)24-12-16(2)27/h3-10,16-17,27H,11-14H2,1-2H3,(H,24,30)(H,25,28)/t16-,17+/m0/s1. The van der Waals surface area contributed by atoms with Crippen LogP contribution in [0.4, 0.5) is 11.4 Å². The van der Waals surface area contributed by atoms with E-state index in [0.717, 1.165) is 5.56 Å². The van der Waals surface area contributed by atoms with Crippen molar-refractivity contribution in [1.29, 1.82) is 0 Å². The van der Waals surface area contributed by atoms with E-state index in [4.69, 9.17) is 4.74 Å². The Balaban J connectivity index is 1.50. The minimum atomic E-state index is -0.635. The van der Waals surface area contributed by atoms with Crippen LogP contribution in [0.1, 0.15) is 18.9 Å². The van der Waals surface area contributed by atoms with E-state index >= 15 is 0 Å². The number of nitrogens with zero attached hydrogens (tertiary/aromatic N) is 1. The van der Waals surface area contributed by atoms with E-state index in [-0.39, 0.29) is 43.8 Å². The molecule has 8 nitrogen and oxygen atoms in total. The number of amides is 3. The monoisotopic (exact) mass is 425 g/mol. The highest BCUT2D eigenvalue weighted by molar-refractivity contribution is 6.00. The maximum atomic E-state index is 12.3. The summed E-state index contributed by atoms with van der Waals surface area (Å²) in [4.78, 5) is 38.1. The maximum Gasteiger partial charge on any atom is 0.262 e. The number of aliphatic hydroxyl groups is 1. The van der Waals surface area contributed by atoms with Crippen LogP contribution in [0, 0.1) is 12.8 Å². The molecular formula is C23H27N3O5. The first kappa shape index (κ1) is 22.3. The van der Waals surface area contributed by atoms with Gasteiger partial charge in [0, 0.05) is 30.9 Å². The van der Waals surface area contributed by atoms with E-state index < -0.39 is 12.0 Å². The van der Waals surface area contributed by atoms with Crippen molar-refractivity contribution in [2.45, 2.75) is 26.4 Å². The minimum absolute atomic E-state index is 0.128. The predicted octanol–water partition coefficient (Wildman–Crippen LogP) is 1.86. The zero-order valence-corrected chi connectivity index (χ0v) is 17.6. The van der Waals surface area contributed by atoms with Crippen molar-refractivity contribution < 1.29 is 24.2 Å². The van der Waals surface area contributed by atoms with Crippen molar-refractivity contribution in [3.05, 3.63) is 54.1 Å². The molecule has 1 aliphatic rings. The molecule has 2 aromatic rings. The summed E-state index contributed by atoms with van der Waals surface area (Å²) in [7, 11) is 0. The molecule has 1 fully saturated rings. The molecule has 0 aliphatic carbocycles. The summed E-state index contributed by atoms with van der Waals surface area (Å²) in [5.74, 6) is -0.596. The second kappa shape index (κ2) is 10.1. The van der Waals surface area contributed by atoms with Gasteiger partial charge in [-0.25, -0.2) is 0 Å². The number of aliphatic hydroxyl groups excluding tert-OH is 1. The Bertz CT molecular complexity index is 925. The van der Waals surface area contributed by atoms with Gasteiger partial charge in [-0.3, -0.25) is 14.4 Å². The lowest BCUT2D eigenvalue weighted by Crippen LogP contribution is -2.36. The number of benzene rings is 2. The fraction of sp³-hybridized carbons (Fsp3) is 0.348. The van der Waals surface area contributed by atoms with Gasteiger partial charge in [0.15, 0.2) is 6.61 Å². The van der Waals surface area contributed by atoms with Crippen LogP contribution < -0.4 is 20.3 Å². The molecule has 0 spiro atoms. The van der Waals surface area contributed by atoms with Crippen LogP contribution in [0.15, 0.2) is 48.5 Å². The highest BCUT2D eigenvalue weighted by Gasteiger charge is 2.35. The zero-order valence-electron chi connectivity index (χ0n) is 17.6. The average molecular weight is 425 g/mol. The van der Waals surface area contributed by atoms with Gasteiger partial charge in [0.25, 0.3) is 5.91 Å². The Labute approximate surface area is 181 Å². The first-order valence-electron chi connectivity index (χ1n) is 10.2. The number of carbonyl (C=O) groups excluding carboxylic acids is 3. The lowest BCUT2D eigenvalue weighted by molar-refractivity contribution is -0.126. The number of carbonyl (C=O) groups is 3. The maximum absolute atomic E-state index is 12.3. The molecule has 0 radical (unpaired) electrons. The highest BCUT2D eigenvalue weighted by atomic mass is 16.5. The molecular weight excluding hydrogens is 398 g/mol. The van der Waals surface area contributed by atoms with Crippen molar-refractivity contribution in [1.82, 2.24) is 5.32 Å². The Hall–Kier alpha value is -3.39. The van der Waals surface area contributed by atoms with Gasteiger partial charge in [-0.15, -0.1) is 0 Å². The highest BCUT2D eigenvalue weighted by Crippen LogP contribution is 2.27. The molecule has 3 amide bonds. The Morgan fingerprint density at radius 3 is 2.48 bits per heavy atom. The van der Waals surface area contributed by atoms with Crippen LogP contribution in [0.3, 0.4) is 0 Å². The normalized spacial score (nSPS) is 16.7. The van der Waals surface area contributed by atoms with Crippen molar-refractivity contribution in [2.24, 2.45) is 5.92 Å². The molecule has 1 aliphatic heterocycles. The predicted molar refractivity (Wildman–Crippen MR) is 117 cm³/mol. The van der Waals surface area contributed by atoms with Crippen molar-refractivity contribution in [3.63, 3.8) is 0 Å². The van der Waals surface area contributed by atoms with Crippen LogP contribution >= 0.6 is 0 Å². The van der Waals surface area contributed by atoms with Crippen molar-refractivity contribution in [2.75, 3.05) is 29.9 Å². The second-order valence-corrected chi connectivity index (χ2v) is 7.70. The third-order valence-electron chi connectivity index (χ3n) is 4.92. The summed E-state index contributed by atoms with van der Waals surface area (Å²) in [6.07, 6.45) is -0.507. The van der Waals surface area contributed by atoms with Crippen LogP contribution in [0.5, 0.6) is 5.75 Å². The van der Waals surface area contributed by atoms with E-state index in [1.807, 2.05) is 31.2 Å². The van der Waals surface area contributed by atoms with Gasteiger partial charge < -0.3 is 25.4 Å². The number of ether oxygens (including phenoxy) is 1.